The Labute approximate surface area is 200 Å². The van der Waals surface area contributed by atoms with Crippen molar-refractivity contribution in [3.05, 3.63) is 65.7 Å². The molecule has 3 aromatic heterocycles. The van der Waals surface area contributed by atoms with E-state index in [9.17, 15) is 4.79 Å². The molecule has 1 aromatic carbocycles. The summed E-state index contributed by atoms with van der Waals surface area (Å²) in [6, 6.07) is 9.57. The molecule has 0 saturated heterocycles. The number of nitrogens with zero attached hydrogens (tertiary/aromatic N) is 4. The second-order valence-electron chi connectivity index (χ2n) is 8.65. The van der Waals surface area contributed by atoms with E-state index in [1.165, 1.54) is 6.33 Å². The third-order valence-corrected chi connectivity index (χ3v) is 5.92. The first-order valence-corrected chi connectivity index (χ1v) is 11.2. The second-order valence-corrected chi connectivity index (χ2v) is 9.44. The van der Waals surface area contributed by atoms with Crippen molar-refractivity contribution in [3.8, 4) is 11.1 Å². The number of carbonyl (C=O) groups is 1. The Balaban J connectivity index is 1.78. The highest BCUT2D eigenvalue weighted by Crippen LogP contribution is 2.39. The van der Waals surface area contributed by atoms with Crippen LogP contribution in [0.5, 0.6) is 0 Å². The van der Waals surface area contributed by atoms with Crippen LogP contribution in [0, 0.1) is 0 Å². The number of carbonyl (C=O) groups excluding carboxylic acids is 1. The summed E-state index contributed by atoms with van der Waals surface area (Å²) in [5.41, 5.74) is 9.76. The molecule has 8 nitrogen and oxygen atoms in total. The highest BCUT2D eigenvalue weighted by molar-refractivity contribution is 9.10. The van der Waals surface area contributed by atoms with Gasteiger partial charge in [-0.15, -0.1) is 6.58 Å². The smallest absolute Gasteiger partial charge is 0.408 e. The van der Waals surface area contributed by atoms with Crippen molar-refractivity contribution in [1.29, 1.82) is 0 Å². The number of nitrogens with one attached hydrogen (secondary N) is 1. The van der Waals surface area contributed by atoms with Crippen molar-refractivity contribution in [2.75, 3.05) is 5.73 Å². The molecule has 0 bridgehead atoms. The lowest BCUT2D eigenvalue weighted by Gasteiger charge is -2.22. The van der Waals surface area contributed by atoms with Gasteiger partial charge in [-0.1, -0.05) is 24.3 Å². The van der Waals surface area contributed by atoms with Gasteiger partial charge in [0, 0.05) is 33.6 Å². The molecule has 0 spiro atoms. The third-order valence-electron chi connectivity index (χ3n) is 5.06. The molecule has 3 heterocycles. The number of rotatable bonds is 5. The van der Waals surface area contributed by atoms with Gasteiger partial charge in [0.15, 0.2) is 5.82 Å². The average Bonchev–Trinajstić information content (AvgIpc) is 3.04. The van der Waals surface area contributed by atoms with Gasteiger partial charge in [-0.2, -0.15) is 5.10 Å². The summed E-state index contributed by atoms with van der Waals surface area (Å²) in [6.07, 6.45) is 4.77. The Bertz CT molecular complexity index is 1360. The quantitative estimate of drug-likeness (QED) is 0.370. The Morgan fingerprint density at radius 2 is 2.09 bits per heavy atom. The highest BCUT2D eigenvalue weighted by Gasteiger charge is 2.25. The van der Waals surface area contributed by atoms with Crippen LogP contribution in [0.1, 0.15) is 26.5 Å². The lowest BCUT2D eigenvalue weighted by Crippen LogP contribution is -2.39. The van der Waals surface area contributed by atoms with Crippen LogP contribution in [0.3, 0.4) is 0 Å². The van der Waals surface area contributed by atoms with Gasteiger partial charge in [0.2, 0.25) is 0 Å². The van der Waals surface area contributed by atoms with E-state index in [2.05, 4.69) is 49.0 Å². The fraction of sp³-hybridized carbons (Fsp3) is 0.250. The van der Waals surface area contributed by atoms with Gasteiger partial charge in [0.05, 0.1) is 17.3 Å². The van der Waals surface area contributed by atoms with E-state index in [0.29, 0.717) is 17.8 Å². The predicted molar refractivity (Wildman–Crippen MR) is 133 cm³/mol. The first-order chi connectivity index (χ1) is 15.7. The van der Waals surface area contributed by atoms with Gasteiger partial charge in [0.1, 0.15) is 17.4 Å². The summed E-state index contributed by atoms with van der Waals surface area (Å²) in [6.45, 7) is 9.32. The molecule has 0 fully saturated rings. The van der Waals surface area contributed by atoms with E-state index in [0.717, 1.165) is 32.2 Å². The highest BCUT2D eigenvalue weighted by atomic mass is 79.9. The minimum atomic E-state index is -0.601. The van der Waals surface area contributed by atoms with Crippen molar-refractivity contribution in [2.24, 2.45) is 0 Å². The maximum atomic E-state index is 12.3. The summed E-state index contributed by atoms with van der Waals surface area (Å²) < 4.78 is 7.93. The predicted octanol–water partition coefficient (Wildman–Crippen LogP) is 4.91. The van der Waals surface area contributed by atoms with Crippen LogP contribution >= 0.6 is 15.9 Å². The minimum absolute atomic E-state index is 0.343. The number of alkyl carbamates (subject to hydrolysis) is 1. The molecule has 0 saturated carbocycles. The van der Waals surface area contributed by atoms with Crippen LogP contribution < -0.4 is 11.1 Å². The zero-order valence-electron chi connectivity index (χ0n) is 18.7. The van der Waals surface area contributed by atoms with Crippen molar-refractivity contribution in [2.45, 2.75) is 38.8 Å². The van der Waals surface area contributed by atoms with Gasteiger partial charge >= 0.3 is 6.09 Å². The molecule has 0 aliphatic heterocycles. The minimum Gasteiger partial charge on any atom is -0.444 e. The molecule has 0 radical (unpaired) electrons. The first-order valence-electron chi connectivity index (χ1n) is 10.4. The number of fused-ring (bicyclic) bond motifs is 2. The van der Waals surface area contributed by atoms with Crippen LogP contribution in [0.25, 0.3) is 27.5 Å². The van der Waals surface area contributed by atoms with Crippen LogP contribution in [0.4, 0.5) is 10.6 Å². The van der Waals surface area contributed by atoms with E-state index < -0.39 is 17.7 Å². The molecule has 33 heavy (non-hydrogen) atoms. The molecular formula is C24H25BrN6O2. The van der Waals surface area contributed by atoms with Gasteiger partial charge in [0.25, 0.3) is 0 Å². The number of amides is 1. The van der Waals surface area contributed by atoms with Crippen LogP contribution in [-0.2, 0) is 11.2 Å². The molecule has 1 atom stereocenters. The molecule has 4 rings (SSSR count). The molecule has 9 heteroatoms. The van der Waals surface area contributed by atoms with Gasteiger partial charge in [-0.3, -0.25) is 4.98 Å². The molecule has 1 unspecified atom stereocenters. The van der Waals surface area contributed by atoms with Crippen LogP contribution in [-0.4, -0.2) is 37.3 Å². The number of anilines is 1. The number of pyridine rings is 1. The Morgan fingerprint density at radius 3 is 2.82 bits per heavy atom. The first kappa shape index (κ1) is 22.7. The van der Waals surface area contributed by atoms with Gasteiger partial charge in [-0.25, -0.2) is 14.3 Å². The maximum Gasteiger partial charge on any atom is 0.408 e. The topological polar surface area (TPSA) is 107 Å². The summed E-state index contributed by atoms with van der Waals surface area (Å²) in [7, 11) is 0. The largest absolute Gasteiger partial charge is 0.444 e. The summed E-state index contributed by atoms with van der Waals surface area (Å²) in [5.74, 6) is 0.343. The zero-order chi connectivity index (χ0) is 23.8. The number of aromatic nitrogens is 4. The standard InChI is InChI=1S/C24H25BrN6O2/c1-5-16(30-23(32)33-24(2,3)4)11-18-20(25)19(21-22(26)28-13-29-31(18)21)15-10-14-8-6-7-9-17(14)27-12-15/h5-10,12-13,16H,1,11H2,2-4H3,(H,30,32)(H2,26,28,29). The number of nitrogen functional groups attached to an aromatic ring is 1. The van der Waals surface area contributed by atoms with E-state index >= 15 is 0 Å². The molecule has 0 aliphatic rings. The monoisotopic (exact) mass is 508 g/mol. The molecule has 170 valence electrons. The van der Waals surface area contributed by atoms with E-state index in [-0.39, 0.29) is 0 Å². The van der Waals surface area contributed by atoms with Crippen molar-refractivity contribution >= 4 is 44.3 Å². The van der Waals surface area contributed by atoms with Crippen LogP contribution in [0.2, 0.25) is 0 Å². The Kier molecular flexibility index (Phi) is 6.07. The lowest BCUT2D eigenvalue weighted by molar-refractivity contribution is 0.0514. The van der Waals surface area contributed by atoms with Crippen LogP contribution in [0.15, 0.2) is 60.0 Å². The van der Waals surface area contributed by atoms with Crippen molar-refractivity contribution in [3.63, 3.8) is 0 Å². The fourth-order valence-corrected chi connectivity index (χ4v) is 4.40. The number of nitrogens with two attached hydrogens (primary N) is 1. The summed E-state index contributed by atoms with van der Waals surface area (Å²) in [5, 5.41) is 8.29. The number of ether oxygens (including phenoxy) is 1. The molecule has 1 amide bonds. The average molecular weight is 509 g/mol. The fourth-order valence-electron chi connectivity index (χ4n) is 3.65. The number of benzene rings is 1. The lowest BCUT2D eigenvalue weighted by atomic mass is 10.1. The molecule has 3 N–H and O–H groups in total. The molecular weight excluding hydrogens is 484 g/mol. The zero-order valence-corrected chi connectivity index (χ0v) is 20.3. The van der Waals surface area contributed by atoms with Gasteiger partial charge in [-0.05, 0) is 48.8 Å². The molecule has 0 aliphatic carbocycles. The number of hydrogen-bond donors (Lipinski definition) is 2. The van der Waals surface area contributed by atoms with E-state index in [4.69, 9.17) is 10.5 Å². The number of para-hydroxylation sites is 1. The van der Waals surface area contributed by atoms with Crippen molar-refractivity contribution < 1.29 is 9.53 Å². The third kappa shape index (κ3) is 4.68. The number of halogens is 1. The summed E-state index contributed by atoms with van der Waals surface area (Å²) >= 11 is 3.75. The number of hydrogen-bond acceptors (Lipinski definition) is 6. The normalized spacial score (nSPS) is 12.6. The second kappa shape index (κ2) is 8.82. The Hall–Kier alpha value is -3.46. The molecule has 4 aromatic rings. The van der Waals surface area contributed by atoms with E-state index in [1.54, 1.807) is 10.6 Å². The summed E-state index contributed by atoms with van der Waals surface area (Å²) in [4.78, 5) is 21.1. The Morgan fingerprint density at radius 1 is 1.33 bits per heavy atom. The van der Waals surface area contributed by atoms with Crippen molar-refractivity contribution in [1.82, 2.24) is 24.9 Å². The maximum absolute atomic E-state index is 12.3. The van der Waals surface area contributed by atoms with E-state index in [1.807, 2.05) is 51.2 Å². The SMILES string of the molecule is C=CC(Cc1c(Br)c(-c2cnc3ccccc3c2)c2c(N)ncnn12)NC(=O)OC(C)(C)C. The van der Waals surface area contributed by atoms with Gasteiger partial charge < -0.3 is 15.8 Å².